The molecule has 1 aromatic rings. The molecule has 0 spiro atoms. The van der Waals surface area contributed by atoms with Crippen LogP contribution in [-0.2, 0) is 0 Å². The van der Waals surface area contributed by atoms with Crippen molar-refractivity contribution in [3.05, 3.63) is 30.1 Å². The minimum Gasteiger partial charge on any atom is -0.310 e. The lowest BCUT2D eigenvalue weighted by atomic mass is 10.2. The van der Waals surface area contributed by atoms with E-state index >= 15 is 0 Å². The number of hydrogen-bond acceptors (Lipinski definition) is 3. The van der Waals surface area contributed by atoms with E-state index in [1.54, 1.807) is 18.2 Å². The Labute approximate surface area is 87.1 Å². The van der Waals surface area contributed by atoms with Crippen LogP contribution in [0.25, 0.3) is 0 Å². The van der Waals surface area contributed by atoms with Crippen LogP contribution in [0.4, 0.5) is 4.39 Å². The van der Waals surface area contributed by atoms with Crippen molar-refractivity contribution in [1.29, 1.82) is 0 Å². The normalized spacial score (nSPS) is 21.4. The first-order valence-corrected chi connectivity index (χ1v) is 4.86. The van der Waals surface area contributed by atoms with Gasteiger partial charge in [0, 0.05) is 25.8 Å². The quantitative estimate of drug-likeness (QED) is 0.682. The van der Waals surface area contributed by atoms with Gasteiger partial charge in [0.05, 0.1) is 0 Å². The van der Waals surface area contributed by atoms with Gasteiger partial charge in [-0.05, 0) is 12.1 Å². The van der Waals surface area contributed by atoms with Crippen LogP contribution >= 0.6 is 0 Å². The van der Waals surface area contributed by atoms with E-state index < -0.39 is 6.30 Å². The molecule has 0 radical (unpaired) electrons. The van der Waals surface area contributed by atoms with E-state index in [0.29, 0.717) is 18.8 Å². The molecule has 1 aromatic heterocycles. The largest absolute Gasteiger partial charge is 0.310 e. The van der Waals surface area contributed by atoms with Gasteiger partial charge in [0.1, 0.15) is 5.69 Å². The van der Waals surface area contributed by atoms with Gasteiger partial charge < -0.3 is 10.2 Å². The number of alkyl halides is 1. The molecule has 1 N–H and O–H groups in total. The van der Waals surface area contributed by atoms with Crippen molar-refractivity contribution in [2.24, 2.45) is 0 Å². The highest BCUT2D eigenvalue weighted by Crippen LogP contribution is 2.09. The molecule has 2 rings (SSSR count). The third-order valence-electron chi connectivity index (χ3n) is 2.33. The number of aromatic nitrogens is 1. The summed E-state index contributed by atoms with van der Waals surface area (Å²) in [6, 6.07) is 5.04. The fraction of sp³-hybridized carbons (Fsp3) is 0.400. The van der Waals surface area contributed by atoms with Gasteiger partial charge in [-0.1, -0.05) is 6.07 Å². The molecular formula is C10H12FN3O. The molecular weight excluding hydrogens is 197 g/mol. The van der Waals surface area contributed by atoms with E-state index in [-0.39, 0.29) is 12.5 Å². The highest BCUT2D eigenvalue weighted by molar-refractivity contribution is 5.92. The van der Waals surface area contributed by atoms with Crippen LogP contribution in [0.3, 0.4) is 0 Å². The van der Waals surface area contributed by atoms with Crippen molar-refractivity contribution in [3.63, 3.8) is 0 Å². The number of amides is 1. The molecule has 80 valence electrons. The molecule has 1 atom stereocenters. The molecule has 1 aliphatic heterocycles. The third kappa shape index (κ3) is 2.12. The van der Waals surface area contributed by atoms with Crippen molar-refractivity contribution >= 4 is 5.91 Å². The van der Waals surface area contributed by atoms with Crippen LogP contribution in [0, 0.1) is 0 Å². The molecule has 0 bridgehead atoms. The number of pyridine rings is 1. The summed E-state index contributed by atoms with van der Waals surface area (Å²) in [4.78, 5) is 16.9. The van der Waals surface area contributed by atoms with E-state index in [1.807, 2.05) is 0 Å². The van der Waals surface area contributed by atoms with Crippen molar-refractivity contribution in [2.45, 2.75) is 6.30 Å². The average Bonchev–Trinajstić information content (AvgIpc) is 2.30. The summed E-state index contributed by atoms with van der Waals surface area (Å²) in [5.41, 5.74) is 0.294. The summed E-state index contributed by atoms with van der Waals surface area (Å²) in [6.07, 6.45) is 0.274. The van der Waals surface area contributed by atoms with Crippen molar-refractivity contribution in [1.82, 2.24) is 15.2 Å². The van der Waals surface area contributed by atoms with Crippen LogP contribution in [0.2, 0.25) is 0 Å². The lowest BCUT2D eigenvalue weighted by Gasteiger charge is -2.30. The Hall–Kier alpha value is -1.49. The van der Waals surface area contributed by atoms with Crippen molar-refractivity contribution in [2.75, 3.05) is 19.6 Å². The average molecular weight is 209 g/mol. The van der Waals surface area contributed by atoms with Gasteiger partial charge >= 0.3 is 0 Å². The minimum absolute atomic E-state index is 0.193. The van der Waals surface area contributed by atoms with E-state index in [1.165, 1.54) is 11.1 Å². The zero-order valence-corrected chi connectivity index (χ0v) is 8.19. The minimum atomic E-state index is -1.26. The molecule has 0 aliphatic carbocycles. The summed E-state index contributed by atoms with van der Waals surface area (Å²) in [5, 5.41) is 2.88. The maximum Gasteiger partial charge on any atom is 0.274 e. The first-order chi connectivity index (χ1) is 7.29. The van der Waals surface area contributed by atoms with E-state index in [4.69, 9.17) is 0 Å². The number of piperazine rings is 1. The molecule has 0 aromatic carbocycles. The molecule has 4 nitrogen and oxygen atoms in total. The third-order valence-corrected chi connectivity index (χ3v) is 2.33. The number of carbonyl (C=O) groups excluding carboxylic acids is 1. The van der Waals surface area contributed by atoms with Gasteiger partial charge in [0.2, 0.25) is 0 Å². The summed E-state index contributed by atoms with van der Waals surface area (Å²) in [7, 11) is 0. The fourth-order valence-corrected chi connectivity index (χ4v) is 1.54. The van der Waals surface area contributed by atoms with Crippen molar-refractivity contribution < 1.29 is 9.18 Å². The topological polar surface area (TPSA) is 45.2 Å². The van der Waals surface area contributed by atoms with Crippen LogP contribution < -0.4 is 5.32 Å². The van der Waals surface area contributed by atoms with Crippen LogP contribution in [0.15, 0.2) is 24.4 Å². The Kier molecular flexibility index (Phi) is 2.91. The standard InChI is InChI=1S/C10H12FN3O/c11-9-7-12-5-6-14(9)10(15)8-3-1-2-4-13-8/h1-4,9,12H,5-7H2. The van der Waals surface area contributed by atoms with Gasteiger partial charge in [-0.25, -0.2) is 4.39 Å². The molecule has 1 saturated heterocycles. The molecule has 2 heterocycles. The Morgan fingerprint density at radius 3 is 3.13 bits per heavy atom. The first-order valence-electron chi connectivity index (χ1n) is 4.86. The van der Waals surface area contributed by atoms with E-state index in [0.717, 1.165) is 0 Å². The predicted octanol–water partition coefficient (Wildman–Crippen LogP) is 0.423. The second-order valence-corrected chi connectivity index (χ2v) is 3.35. The number of nitrogens with zero attached hydrogens (tertiary/aromatic N) is 2. The monoisotopic (exact) mass is 209 g/mol. The molecule has 5 heteroatoms. The highest BCUT2D eigenvalue weighted by atomic mass is 19.1. The van der Waals surface area contributed by atoms with Gasteiger partial charge in [-0.15, -0.1) is 0 Å². The molecule has 1 unspecified atom stereocenters. The maximum absolute atomic E-state index is 13.4. The van der Waals surface area contributed by atoms with Gasteiger partial charge in [-0.3, -0.25) is 9.78 Å². The second kappa shape index (κ2) is 4.35. The second-order valence-electron chi connectivity index (χ2n) is 3.35. The van der Waals surface area contributed by atoms with Crippen LogP contribution in [0.5, 0.6) is 0 Å². The van der Waals surface area contributed by atoms with Crippen LogP contribution in [-0.4, -0.2) is 41.7 Å². The Morgan fingerprint density at radius 2 is 2.47 bits per heavy atom. The van der Waals surface area contributed by atoms with E-state index in [2.05, 4.69) is 10.3 Å². The number of carbonyl (C=O) groups is 1. The molecule has 15 heavy (non-hydrogen) atoms. The summed E-state index contributed by atoms with van der Waals surface area (Å²) in [5.74, 6) is -0.343. The number of nitrogens with one attached hydrogen (secondary N) is 1. The highest BCUT2D eigenvalue weighted by Gasteiger charge is 2.27. The van der Waals surface area contributed by atoms with E-state index in [9.17, 15) is 9.18 Å². The fourth-order valence-electron chi connectivity index (χ4n) is 1.54. The number of hydrogen-bond donors (Lipinski definition) is 1. The summed E-state index contributed by atoms with van der Waals surface area (Å²) in [6.45, 7) is 1.20. The Balaban J connectivity index is 2.13. The smallest absolute Gasteiger partial charge is 0.274 e. The lowest BCUT2D eigenvalue weighted by Crippen LogP contribution is -2.51. The Bertz CT molecular complexity index is 344. The lowest BCUT2D eigenvalue weighted by molar-refractivity contribution is 0.0371. The zero-order chi connectivity index (χ0) is 10.7. The number of halogens is 1. The summed E-state index contributed by atoms with van der Waals surface area (Å²) < 4.78 is 13.4. The van der Waals surface area contributed by atoms with Gasteiger partial charge in [0.15, 0.2) is 6.30 Å². The number of rotatable bonds is 1. The van der Waals surface area contributed by atoms with Gasteiger partial charge in [-0.2, -0.15) is 0 Å². The van der Waals surface area contributed by atoms with Gasteiger partial charge in [0.25, 0.3) is 5.91 Å². The summed E-state index contributed by atoms with van der Waals surface area (Å²) >= 11 is 0. The van der Waals surface area contributed by atoms with Crippen molar-refractivity contribution in [3.8, 4) is 0 Å². The predicted molar refractivity (Wildman–Crippen MR) is 53.0 cm³/mol. The molecule has 1 aliphatic rings. The maximum atomic E-state index is 13.4. The van der Waals surface area contributed by atoms with Crippen LogP contribution in [0.1, 0.15) is 10.5 Å². The first kappa shape index (κ1) is 10.0. The molecule has 1 amide bonds. The Morgan fingerprint density at radius 1 is 1.60 bits per heavy atom. The zero-order valence-electron chi connectivity index (χ0n) is 8.19. The molecule has 1 fully saturated rings. The SMILES string of the molecule is O=C(c1ccccn1)N1CCNCC1F. The molecule has 0 saturated carbocycles.